The van der Waals surface area contributed by atoms with Crippen LogP contribution in [-0.2, 0) is 0 Å². The first-order valence-corrected chi connectivity index (χ1v) is 6.31. The minimum absolute atomic E-state index is 0.187. The second kappa shape index (κ2) is 4.51. The lowest BCUT2D eigenvalue weighted by Gasteiger charge is -1.97. The van der Waals surface area contributed by atoms with E-state index in [-0.39, 0.29) is 5.56 Å². The van der Waals surface area contributed by atoms with Crippen molar-refractivity contribution >= 4 is 32.9 Å². The minimum Gasteiger partial charge on any atom is -0.478 e. The van der Waals surface area contributed by atoms with Crippen molar-refractivity contribution in [2.24, 2.45) is 0 Å². The summed E-state index contributed by atoms with van der Waals surface area (Å²) in [6.07, 6.45) is 1.46. The number of pyridine rings is 1. The normalized spacial score (nSPS) is 10.8. The lowest BCUT2D eigenvalue weighted by atomic mass is 10.2. The molecule has 5 heteroatoms. The van der Waals surface area contributed by atoms with Crippen LogP contribution >= 0.6 is 15.9 Å². The molecule has 3 rings (SSSR count). The Morgan fingerprint density at radius 2 is 2.05 bits per heavy atom. The van der Waals surface area contributed by atoms with Crippen LogP contribution in [0, 0.1) is 0 Å². The van der Waals surface area contributed by atoms with Crippen LogP contribution in [-0.4, -0.2) is 16.1 Å². The van der Waals surface area contributed by atoms with E-state index in [1.165, 1.54) is 18.3 Å². The Bertz CT molecular complexity index is 779. The zero-order chi connectivity index (χ0) is 13.4. The molecular weight excluding hydrogens is 310 g/mol. The molecule has 0 aliphatic carbocycles. The molecule has 0 aliphatic rings. The van der Waals surface area contributed by atoms with Crippen LogP contribution in [0.2, 0.25) is 0 Å². The first-order chi connectivity index (χ1) is 9.13. The van der Waals surface area contributed by atoms with Crippen LogP contribution in [0.1, 0.15) is 10.4 Å². The maximum absolute atomic E-state index is 10.9. The second-order valence-corrected chi connectivity index (χ2v) is 4.94. The molecule has 0 saturated heterocycles. The van der Waals surface area contributed by atoms with Gasteiger partial charge in [-0.05, 0) is 36.4 Å². The fourth-order valence-electron chi connectivity index (χ4n) is 1.83. The highest BCUT2D eigenvalue weighted by molar-refractivity contribution is 9.10. The van der Waals surface area contributed by atoms with Gasteiger partial charge in [-0.2, -0.15) is 0 Å². The van der Waals surface area contributed by atoms with Gasteiger partial charge in [0.05, 0.1) is 5.56 Å². The molecule has 0 atom stereocenters. The molecule has 3 aromatic rings. The van der Waals surface area contributed by atoms with Gasteiger partial charge in [0.2, 0.25) is 0 Å². The van der Waals surface area contributed by atoms with Crippen LogP contribution in [0.4, 0.5) is 0 Å². The first kappa shape index (κ1) is 11.9. The summed E-state index contributed by atoms with van der Waals surface area (Å²) in [5, 5.41) is 9.91. The molecule has 94 valence electrons. The zero-order valence-corrected chi connectivity index (χ0v) is 11.2. The van der Waals surface area contributed by atoms with Gasteiger partial charge in [0, 0.05) is 16.1 Å². The number of hydrogen-bond acceptors (Lipinski definition) is 3. The average molecular weight is 318 g/mol. The number of carbonyl (C=O) groups is 1. The zero-order valence-electron chi connectivity index (χ0n) is 9.63. The highest BCUT2D eigenvalue weighted by Gasteiger charge is 2.10. The van der Waals surface area contributed by atoms with Gasteiger partial charge in [0.25, 0.3) is 0 Å². The van der Waals surface area contributed by atoms with Crippen molar-refractivity contribution in [2.75, 3.05) is 0 Å². The van der Waals surface area contributed by atoms with Crippen LogP contribution in [0.5, 0.6) is 0 Å². The van der Waals surface area contributed by atoms with Crippen LogP contribution in [0.25, 0.3) is 22.4 Å². The van der Waals surface area contributed by atoms with E-state index < -0.39 is 5.97 Å². The topological polar surface area (TPSA) is 63.3 Å². The summed E-state index contributed by atoms with van der Waals surface area (Å²) in [4.78, 5) is 15.1. The molecule has 0 fully saturated rings. The van der Waals surface area contributed by atoms with E-state index in [0.29, 0.717) is 11.5 Å². The standard InChI is InChI=1S/C14H8BrNO3/c15-10-2-1-8-6-13(19-12(8)7-10)11-5-9(14(17)18)3-4-16-11/h1-7H,(H,17,18). The van der Waals surface area contributed by atoms with Gasteiger partial charge in [0.1, 0.15) is 11.3 Å². The Morgan fingerprint density at radius 1 is 1.21 bits per heavy atom. The van der Waals surface area contributed by atoms with Gasteiger partial charge in [-0.15, -0.1) is 0 Å². The molecule has 19 heavy (non-hydrogen) atoms. The monoisotopic (exact) mass is 317 g/mol. The molecular formula is C14H8BrNO3. The fraction of sp³-hybridized carbons (Fsp3) is 0. The maximum atomic E-state index is 10.9. The highest BCUT2D eigenvalue weighted by Crippen LogP contribution is 2.28. The Labute approximate surface area is 116 Å². The van der Waals surface area contributed by atoms with Gasteiger partial charge >= 0.3 is 5.97 Å². The molecule has 2 aromatic heterocycles. The number of nitrogens with zero attached hydrogens (tertiary/aromatic N) is 1. The van der Waals surface area contributed by atoms with Crippen LogP contribution in [0.3, 0.4) is 0 Å². The number of benzene rings is 1. The number of aromatic nitrogens is 1. The number of halogens is 1. The van der Waals surface area contributed by atoms with Crippen molar-refractivity contribution in [1.29, 1.82) is 0 Å². The summed E-state index contributed by atoms with van der Waals surface area (Å²) in [5.74, 6) is -0.432. The smallest absolute Gasteiger partial charge is 0.335 e. The van der Waals surface area contributed by atoms with Gasteiger partial charge in [0.15, 0.2) is 5.76 Å². The van der Waals surface area contributed by atoms with Crippen molar-refractivity contribution < 1.29 is 14.3 Å². The van der Waals surface area contributed by atoms with E-state index >= 15 is 0 Å². The van der Waals surface area contributed by atoms with Gasteiger partial charge in [-0.25, -0.2) is 4.79 Å². The molecule has 1 aromatic carbocycles. The molecule has 4 nitrogen and oxygen atoms in total. The number of carboxylic acid groups (broad SMARTS) is 1. The molecule has 2 heterocycles. The summed E-state index contributed by atoms with van der Waals surface area (Å²) in [6.45, 7) is 0. The molecule has 0 unspecified atom stereocenters. The number of furan rings is 1. The number of hydrogen-bond donors (Lipinski definition) is 1. The summed E-state index contributed by atoms with van der Waals surface area (Å²) in [5.41, 5.74) is 1.42. The van der Waals surface area contributed by atoms with E-state index in [0.717, 1.165) is 15.4 Å². The molecule has 0 amide bonds. The Morgan fingerprint density at radius 3 is 2.84 bits per heavy atom. The second-order valence-electron chi connectivity index (χ2n) is 4.03. The Hall–Kier alpha value is -2.14. The quantitative estimate of drug-likeness (QED) is 0.777. The number of carboxylic acids is 1. The summed E-state index contributed by atoms with van der Waals surface area (Å²) < 4.78 is 6.61. The lowest BCUT2D eigenvalue weighted by Crippen LogP contribution is -1.96. The fourth-order valence-corrected chi connectivity index (χ4v) is 2.17. The number of rotatable bonds is 2. The van der Waals surface area contributed by atoms with Gasteiger partial charge in [-0.1, -0.05) is 15.9 Å². The Kier molecular flexibility index (Phi) is 2.83. The average Bonchev–Trinajstić information content (AvgIpc) is 2.81. The number of fused-ring (bicyclic) bond motifs is 1. The van der Waals surface area contributed by atoms with E-state index in [1.807, 2.05) is 24.3 Å². The third-order valence-electron chi connectivity index (χ3n) is 2.74. The highest BCUT2D eigenvalue weighted by atomic mass is 79.9. The van der Waals surface area contributed by atoms with Gasteiger partial charge < -0.3 is 9.52 Å². The molecule has 0 saturated carbocycles. The van der Waals surface area contributed by atoms with E-state index in [4.69, 9.17) is 9.52 Å². The molecule has 1 N–H and O–H groups in total. The third kappa shape index (κ3) is 2.24. The molecule has 0 radical (unpaired) electrons. The Balaban J connectivity index is 2.13. The largest absolute Gasteiger partial charge is 0.478 e. The SMILES string of the molecule is O=C(O)c1ccnc(-c2cc3ccc(Br)cc3o2)c1. The number of aromatic carboxylic acids is 1. The van der Waals surface area contributed by atoms with Gasteiger partial charge in [-0.3, -0.25) is 4.98 Å². The van der Waals surface area contributed by atoms with Crippen molar-refractivity contribution in [3.8, 4) is 11.5 Å². The predicted molar refractivity (Wildman–Crippen MR) is 74.1 cm³/mol. The van der Waals surface area contributed by atoms with E-state index in [2.05, 4.69) is 20.9 Å². The molecule has 0 bridgehead atoms. The lowest BCUT2D eigenvalue weighted by molar-refractivity contribution is 0.0697. The van der Waals surface area contributed by atoms with Crippen molar-refractivity contribution in [2.45, 2.75) is 0 Å². The van der Waals surface area contributed by atoms with Crippen LogP contribution in [0.15, 0.2) is 51.5 Å². The summed E-state index contributed by atoms with van der Waals surface area (Å²) in [6, 6.07) is 10.5. The summed E-state index contributed by atoms with van der Waals surface area (Å²) in [7, 11) is 0. The minimum atomic E-state index is -0.984. The first-order valence-electron chi connectivity index (χ1n) is 5.52. The predicted octanol–water partition coefficient (Wildman–Crippen LogP) is 3.96. The van der Waals surface area contributed by atoms with Crippen molar-refractivity contribution in [3.63, 3.8) is 0 Å². The van der Waals surface area contributed by atoms with Crippen LogP contribution < -0.4 is 0 Å². The van der Waals surface area contributed by atoms with Crippen molar-refractivity contribution in [3.05, 3.63) is 52.6 Å². The van der Waals surface area contributed by atoms with Crippen molar-refractivity contribution in [1.82, 2.24) is 4.98 Å². The van der Waals surface area contributed by atoms with E-state index in [1.54, 1.807) is 0 Å². The summed E-state index contributed by atoms with van der Waals surface area (Å²) >= 11 is 3.38. The third-order valence-corrected chi connectivity index (χ3v) is 3.23. The molecule has 0 aliphatic heterocycles. The van der Waals surface area contributed by atoms with E-state index in [9.17, 15) is 4.79 Å². The maximum Gasteiger partial charge on any atom is 0.335 e. The molecule has 0 spiro atoms.